The number of para-hydroxylation sites is 1. The first-order chi connectivity index (χ1) is 30.7. The lowest BCUT2D eigenvalue weighted by Gasteiger charge is -2.28. The zero-order chi connectivity index (χ0) is 41.5. The molecule has 62 heavy (non-hydrogen) atoms. The van der Waals surface area contributed by atoms with E-state index in [-0.39, 0.29) is 0 Å². The lowest BCUT2D eigenvalue weighted by atomic mass is 9.96. The van der Waals surface area contributed by atoms with Gasteiger partial charge in [-0.15, -0.1) is 0 Å². The van der Waals surface area contributed by atoms with Crippen molar-refractivity contribution >= 4 is 34.1 Å². The van der Waals surface area contributed by atoms with Crippen LogP contribution in [-0.2, 0) is 0 Å². The Labute approximate surface area is 364 Å². The third-order valence-corrected chi connectivity index (χ3v) is 11.5. The fourth-order valence-corrected chi connectivity index (χ4v) is 8.31. The van der Waals surface area contributed by atoms with Crippen molar-refractivity contribution in [2.24, 2.45) is 0 Å². The highest BCUT2D eigenvalue weighted by Gasteiger charge is 2.19. The van der Waals surface area contributed by atoms with Gasteiger partial charge >= 0.3 is 0 Å². The van der Waals surface area contributed by atoms with Crippen LogP contribution in [0, 0.1) is 0 Å². The molecule has 0 amide bonds. The van der Waals surface area contributed by atoms with E-state index in [0.29, 0.717) is 0 Å². The number of rotatable bonds is 11. The van der Waals surface area contributed by atoms with Crippen molar-refractivity contribution in [3.8, 4) is 55.6 Å². The predicted octanol–water partition coefficient (Wildman–Crippen LogP) is 17.0. The van der Waals surface area contributed by atoms with Crippen molar-refractivity contribution in [3.63, 3.8) is 0 Å². The topological polar surface area (TPSA) is 6.48 Å². The van der Waals surface area contributed by atoms with Gasteiger partial charge in [0.25, 0.3) is 0 Å². The van der Waals surface area contributed by atoms with E-state index in [1.165, 1.54) is 44.5 Å². The normalized spacial score (nSPS) is 10.9. The predicted molar refractivity (Wildman–Crippen MR) is 263 cm³/mol. The number of hydrogen-bond donors (Lipinski definition) is 0. The van der Waals surface area contributed by atoms with Gasteiger partial charge in [0.05, 0.1) is 5.69 Å². The van der Waals surface area contributed by atoms with Crippen molar-refractivity contribution in [3.05, 3.63) is 267 Å². The minimum Gasteiger partial charge on any atom is -0.311 e. The summed E-state index contributed by atoms with van der Waals surface area (Å²) in [6.45, 7) is 0. The molecule has 0 aliphatic carbocycles. The monoisotopic (exact) mass is 792 g/mol. The van der Waals surface area contributed by atoms with Crippen molar-refractivity contribution in [2.45, 2.75) is 0 Å². The van der Waals surface area contributed by atoms with Crippen LogP contribution in [0.3, 0.4) is 0 Å². The molecule has 0 radical (unpaired) electrons. The van der Waals surface area contributed by atoms with Crippen LogP contribution in [0.25, 0.3) is 55.6 Å². The molecule has 0 bridgehead atoms. The minimum absolute atomic E-state index is 1.09. The summed E-state index contributed by atoms with van der Waals surface area (Å²) in [7, 11) is 0. The third kappa shape index (κ3) is 8.06. The minimum atomic E-state index is 1.09. The molecular weight excluding hydrogens is 749 g/mol. The molecule has 0 saturated heterocycles. The first-order valence-electron chi connectivity index (χ1n) is 21.2. The number of anilines is 6. The smallest absolute Gasteiger partial charge is 0.0540 e. The van der Waals surface area contributed by atoms with Crippen molar-refractivity contribution in [1.82, 2.24) is 0 Å². The summed E-state index contributed by atoms with van der Waals surface area (Å²) < 4.78 is 0. The Hall–Kier alpha value is -8.20. The van der Waals surface area contributed by atoms with Gasteiger partial charge in [-0.3, -0.25) is 0 Å². The maximum atomic E-state index is 2.37. The average Bonchev–Trinajstić information content (AvgIpc) is 3.36. The zero-order valence-electron chi connectivity index (χ0n) is 34.3. The molecule has 0 unspecified atom stereocenters. The van der Waals surface area contributed by atoms with Crippen LogP contribution in [0.2, 0.25) is 0 Å². The van der Waals surface area contributed by atoms with Crippen molar-refractivity contribution in [1.29, 1.82) is 0 Å². The summed E-state index contributed by atoms with van der Waals surface area (Å²) in [5.74, 6) is 0. The first kappa shape index (κ1) is 38.0. The Bertz CT molecular complexity index is 2900. The second-order valence-electron chi connectivity index (χ2n) is 15.4. The molecule has 10 rings (SSSR count). The van der Waals surface area contributed by atoms with Crippen LogP contribution >= 0.6 is 0 Å². The molecule has 10 aromatic rings. The largest absolute Gasteiger partial charge is 0.311 e. The van der Waals surface area contributed by atoms with Crippen molar-refractivity contribution < 1.29 is 0 Å². The highest BCUT2D eigenvalue weighted by Crippen LogP contribution is 2.43. The molecule has 0 atom stereocenters. The number of hydrogen-bond acceptors (Lipinski definition) is 2. The standard InChI is InChI=1S/C60H44N2/c1-6-16-45(17-7-1)48-26-35-55(36-27-48)61(56-37-28-49(29-38-56)46-18-8-2-9-19-46)57-39-30-50(31-40-57)51-32-41-58(42-33-51)62(54-24-14-5-15-25-54)60-43-34-53(47-20-10-3-11-21-47)44-59(60)52-22-12-4-13-23-52/h1-44H. The van der Waals surface area contributed by atoms with E-state index >= 15 is 0 Å². The van der Waals surface area contributed by atoms with Gasteiger partial charge in [-0.05, 0) is 123 Å². The van der Waals surface area contributed by atoms with Crippen LogP contribution in [0.4, 0.5) is 34.1 Å². The highest BCUT2D eigenvalue weighted by atomic mass is 15.1. The van der Waals surface area contributed by atoms with E-state index in [1.807, 2.05) is 0 Å². The van der Waals surface area contributed by atoms with Gasteiger partial charge in [0.1, 0.15) is 0 Å². The molecule has 0 saturated carbocycles. The molecule has 0 aliphatic heterocycles. The van der Waals surface area contributed by atoms with E-state index in [9.17, 15) is 0 Å². The first-order valence-corrected chi connectivity index (χ1v) is 21.2. The Morgan fingerprint density at radius 2 is 0.435 bits per heavy atom. The summed E-state index contributed by atoms with van der Waals surface area (Å²) in [5.41, 5.74) is 18.4. The molecule has 0 fully saturated rings. The third-order valence-electron chi connectivity index (χ3n) is 11.5. The summed E-state index contributed by atoms with van der Waals surface area (Å²) in [6, 6.07) is 95.5. The van der Waals surface area contributed by atoms with E-state index in [4.69, 9.17) is 0 Å². The molecule has 0 aliphatic rings. The van der Waals surface area contributed by atoms with Gasteiger partial charge in [0, 0.05) is 34.0 Å². The molecule has 2 nitrogen and oxygen atoms in total. The summed E-state index contributed by atoms with van der Waals surface area (Å²) in [4.78, 5) is 4.70. The number of benzene rings is 10. The second kappa shape index (κ2) is 17.6. The van der Waals surface area contributed by atoms with Gasteiger partial charge in [0.15, 0.2) is 0 Å². The van der Waals surface area contributed by atoms with Crippen LogP contribution in [0.5, 0.6) is 0 Å². The Balaban J connectivity index is 0.990. The number of nitrogens with zero attached hydrogens (tertiary/aromatic N) is 2. The van der Waals surface area contributed by atoms with E-state index in [2.05, 4.69) is 277 Å². The average molecular weight is 793 g/mol. The zero-order valence-corrected chi connectivity index (χ0v) is 34.3. The van der Waals surface area contributed by atoms with Crippen molar-refractivity contribution in [2.75, 3.05) is 9.80 Å². The quantitative estimate of drug-likeness (QED) is 0.129. The van der Waals surface area contributed by atoms with Gasteiger partial charge < -0.3 is 9.80 Å². The van der Waals surface area contributed by atoms with Crippen LogP contribution in [-0.4, -0.2) is 0 Å². The summed E-state index contributed by atoms with van der Waals surface area (Å²) in [5, 5.41) is 0. The molecule has 10 aromatic carbocycles. The lowest BCUT2D eigenvalue weighted by Crippen LogP contribution is -2.11. The van der Waals surface area contributed by atoms with Gasteiger partial charge in [-0.2, -0.15) is 0 Å². The van der Waals surface area contributed by atoms with Crippen LogP contribution < -0.4 is 9.80 Å². The Morgan fingerprint density at radius 1 is 0.177 bits per heavy atom. The summed E-state index contributed by atoms with van der Waals surface area (Å²) in [6.07, 6.45) is 0. The SMILES string of the molecule is c1ccc(-c2ccc(N(c3ccc(-c4ccccc4)cc3)c3ccc(-c4ccc(N(c5ccccc5)c5ccc(-c6ccccc6)cc5-c5ccccc5)cc4)cc3)cc2)cc1. The molecule has 0 spiro atoms. The van der Waals surface area contributed by atoms with E-state index in [0.717, 1.165) is 45.3 Å². The lowest BCUT2D eigenvalue weighted by molar-refractivity contribution is 1.28. The van der Waals surface area contributed by atoms with Gasteiger partial charge in [-0.1, -0.05) is 194 Å². The van der Waals surface area contributed by atoms with Crippen LogP contribution in [0.1, 0.15) is 0 Å². The maximum Gasteiger partial charge on any atom is 0.0540 e. The second-order valence-corrected chi connectivity index (χ2v) is 15.4. The molecular formula is C60H44N2. The summed E-state index contributed by atoms with van der Waals surface area (Å²) >= 11 is 0. The molecule has 294 valence electrons. The maximum absolute atomic E-state index is 2.37. The van der Waals surface area contributed by atoms with Crippen LogP contribution in [0.15, 0.2) is 267 Å². The van der Waals surface area contributed by atoms with Gasteiger partial charge in [0.2, 0.25) is 0 Å². The van der Waals surface area contributed by atoms with Gasteiger partial charge in [-0.25, -0.2) is 0 Å². The highest BCUT2D eigenvalue weighted by molar-refractivity contribution is 5.91. The van der Waals surface area contributed by atoms with E-state index in [1.54, 1.807) is 0 Å². The Morgan fingerprint density at radius 3 is 0.806 bits per heavy atom. The molecule has 0 aromatic heterocycles. The fourth-order valence-electron chi connectivity index (χ4n) is 8.31. The van der Waals surface area contributed by atoms with E-state index < -0.39 is 0 Å². The molecule has 2 heteroatoms. The molecule has 0 heterocycles. The molecule has 0 N–H and O–H groups in total. The fraction of sp³-hybridized carbons (Fsp3) is 0. The Kier molecular flexibility index (Phi) is 10.8.